The lowest BCUT2D eigenvalue weighted by Gasteiger charge is -2.05. The Hall–Kier alpha value is -2.38. The lowest BCUT2D eigenvalue weighted by atomic mass is 10.2. The Morgan fingerprint density at radius 2 is 2.12 bits per heavy atom. The molecule has 0 fully saturated rings. The number of hydrogen-bond donors (Lipinski definition) is 1. The van der Waals surface area contributed by atoms with Gasteiger partial charge in [-0.15, -0.1) is 11.3 Å². The summed E-state index contributed by atoms with van der Waals surface area (Å²) in [5.74, 6) is 0.448. The number of thiazole rings is 1. The highest BCUT2D eigenvalue weighted by molar-refractivity contribution is 7.99. The van der Waals surface area contributed by atoms with Crippen LogP contribution >= 0.6 is 23.1 Å². The summed E-state index contributed by atoms with van der Waals surface area (Å²) in [6.45, 7) is 6.02. The first-order valence-corrected chi connectivity index (χ1v) is 10.1. The number of nitrogens with one attached hydrogen (secondary N) is 1. The quantitative estimate of drug-likeness (QED) is 0.401. The number of ketones is 1. The number of aromatic amines is 1. The maximum Gasteiger partial charge on any atom is 0.193 e. The third kappa shape index (κ3) is 3.08. The molecule has 4 rings (SSSR count). The smallest absolute Gasteiger partial charge is 0.193 e. The molecule has 7 heteroatoms. The number of rotatable bonds is 5. The fourth-order valence-electron chi connectivity index (χ4n) is 3.05. The van der Waals surface area contributed by atoms with Crippen molar-refractivity contribution in [1.29, 1.82) is 0 Å². The molecule has 0 saturated heterocycles. The number of carbonyl (C=O) groups excluding carboxylic acids is 1. The molecule has 0 atom stereocenters. The molecule has 1 N–H and O–H groups in total. The number of thioether (sulfide) groups is 1. The van der Waals surface area contributed by atoms with E-state index in [1.165, 1.54) is 17.3 Å². The third-order valence-electron chi connectivity index (χ3n) is 4.30. The van der Waals surface area contributed by atoms with Gasteiger partial charge in [0.25, 0.3) is 0 Å². The number of Topliss-reactive ketones (excluding diaryl/α,β-unsaturated/α-hetero) is 1. The van der Waals surface area contributed by atoms with E-state index in [4.69, 9.17) is 0 Å². The van der Waals surface area contributed by atoms with Crippen molar-refractivity contribution in [1.82, 2.24) is 19.5 Å². The van der Waals surface area contributed by atoms with E-state index in [0.717, 1.165) is 38.3 Å². The fourth-order valence-corrected chi connectivity index (χ4v) is 4.57. The molecule has 0 radical (unpaired) electrons. The average molecular weight is 383 g/mol. The Kier molecular flexibility index (Phi) is 4.42. The van der Waals surface area contributed by atoms with Crippen LogP contribution in [0.4, 0.5) is 0 Å². The Morgan fingerprint density at radius 3 is 2.88 bits per heavy atom. The van der Waals surface area contributed by atoms with Crippen molar-refractivity contribution in [3.63, 3.8) is 0 Å². The molecule has 0 aliphatic heterocycles. The molecule has 26 heavy (non-hydrogen) atoms. The summed E-state index contributed by atoms with van der Waals surface area (Å²) < 4.78 is 2.03. The summed E-state index contributed by atoms with van der Waals surface area (Å²) >= 11 is 3.00. The van der Waals surface area contributed by atoms with Crippen LogP contribution in [0.5, 0.6) is 0 Å². The van der Waals surface area contributed by atoms with Crippen molar-refractivity contribution in [2.75, 3.05) is 5.75 Å². The number of imidazole rings is 1. The van der Waals surface area contributed by atoms with E-state index in [2.05, 4.69) is 27.9 Å². The molecule has 0 saturated carbocycles. The number of nitrogens with zero attached hydrogens (tertiary/aromatic N) is 3. The van der Waals surface area contributed by atoms with Gasteiger partial charge in [0.1, 0.15) is 0 Å². The van der Waals surface area contributed by atoms with Crippen molar-refractivity contribution in [3.8, 4) is 5.13 Å². The van der Waals surface area contributed by atoms with E-state index >= 15 is 0 Å². The van der Waals surface area contributed by atoms with Gasteiger partial charge < -0.3 is 4.98 Å². The number of aryl methyl sites for hydroxylation is 2. The third-order valence-corrected chi connectivity index (χ3v) is 5.93. The molecule has 5 nitrogen and oxygen atoms in total. The predicted molar refractivity (Wildman–Crippen MR) is 107 cm³/mol. The van der Waals surface area contributed by atoms with Gasteiger partial charge in [-0.3, -0.25) is 9.36 Å². The van der Waals surface area contributed by atoms with Crippen molar-refractivity contribution in [2.45, 2.75) is 25.9 Å². The molecule has 132 valence electrons. The monoisotopic (exact) mass is 382 g/mol. The van der Waals surface area contributed by atoms with Crippen LogP contribution in [-0.2, 0) is 0 Å². The molecule has 0 spiro atoms. The summed E-state index contributed by atoms with van der Waals surface area (Å²) in [5.41, 5.74) is 5.81. The molecule has 0 bridgehead atoms. The summed E-state index contributed by atoms with van der Waals surface area (Å²) in [6.07, 6.45) is 1.78. The maximum absolute atomic E-state index is 12.8. The van der Waals surface area contributed by atoms with Crippen LogP contribution in [0.1, 0.15) is 27.3 Å². The molecule has 0 amide bonds. The van der Waals surface area contributed by atoms with E-state index in [9.17, 15) is 4.79 Å². The van der Waals surface area contributed by atoms with Crippen LogP contribution in [0.25, 0.3) is 16.2 Å². The fraction of sp³-hybridized carbons (Fsp3) is 0.211. The van der Waals surface area contributed by atoms with E-state index < -0.39 is 0 Å². The second kappa shape index (κ2) is 6.74. The highest BCUT2D eigenvalue weighted by Gasteiger charge is 2.18. The first-order valence-electron chi connectivity index (χ1n) is 8.24. The minimum atomic E-state index is 0.0996. The second-order valence-electron chi connectivity index (χ2n) is 6.21. The summed E-state index contributed by atoms with van der Waals surface area (Å²) in [6, 6.07) is 8.04. The Bertz CT molecular complexity index is 1090. The van der Waals surface area contributed by atoms with Gasteiger partial charge in [-0.2, -0.15) is 0 Å². The zero-order valence-corrected chi connectivity index (χ0v) is 16.4. The highest BCUT2D eigenvalue weighted by Crippen LogP contribution is 2.25. The minimum Gasteiger partial charge on any atom is -0.333 e. The Balaban J connectivity index is 1.54. The number of H-pyrrole nitrogens is 1. The summed E-state index contributed by atoms with van der Waals surface area (Å²) in [7, 11) is 0. The molecule has 1 aromatic carbocycles. The van der Waals surface area contributed by atoms with Gasteiger partial charge in [0.05, 0.1) is 16.8 Å². The average Bonchev–Trinajstić information content (AvgIpc) is 3.31. The first kappa shape index (κ1) is 17.1. The second-order valence-corrected chi connectivity index (χ2v) is 8.05. The first-order chi connectivity index (χ1) is 12.5. The molecule has 0 aliphatic carbocycles. The van der Waals surface area contributed by atoms with Gasteiger partial charge in [0, 0.05) is 28.5 Å². The molecular formula is C19H18N4OS2. The lowest BCUT2D eigenvalue weighted by molar-refractivity contribution is 0.102. The van der Waals surface area contributed by atoms with Gasteiger partial charge in [-0.05, 0) is 44.5 Å². The lowest BCUT2D eigenvalue weighted by Crippen LogP contribution is -2.05. The van der Waals surface area contributed by atoms with Crippen LogP contribution < -0.4 is 0 Å². The molecule has 3 aromatic heterocycles. The highest BCUT2D eigenvalue weighted by atomic mass is 32.2. The van der Waals surface area contributed by atoms with Gasteiger partial charge in [0.2, 0.25) is 0 Å². The van der Waals surface area contributed by atoms with E-state index in [-0.39, 0.29) is 5.78 Å². The summed E-state index contributed by atoms with van der Waals surface area (Å²) in [4.78, 5) is 24.9. The number of hydrogen-bond acceptors (Lipinski definition) is 5. The van der Waals surface area contributed by atoms with Crippen LogP contribution in [0.15, 0.2) is 41.0 Å². The number of benzene rings is 1. The van der Waals surface area contributed by atoms with Crippen molar-refractivity contribution in [3.05, 3.63) is 58.4 Å². The summed E-state index contributed by atoms with van der Waals surface area (Å²) in [5, 5.41) is 3.60. The van der Waals surface area contributed by atoms with Crippen molar-refractivity contribution in [2.24, 2.45) is 0 Å². The topological polar surface area (TPSA) is 63.6 Å². The molecular weight excluding hydrogens is 364 g/mol. The minimum absolute atomic E-state index is 0.0996. The van der Waals surface area contributed by atoms with Crippen LogP contribution in [0.3, 0.4) is 0 Å². The van der Waals surface area contributed by atoms with Gasteiger partial charge >= 0.3 is 0 Å². The van der Waals surface area contributed by atoms with E-state index in [1.54, 1.807) is 17.5 Å². The Morgan fingerprint density at radius 1 is 1.27 bits per heavy atom. The number of carbonyl (C=O) groups is 1. The maximum atomic E-state index is 12.8. The zero-order chi connectivity index (χ0) is 18.3. The largest absolute Gasteiger partial charge is 0.333 e. The number of fused-ring (bicyclic) bond motifs is 1. The van der Waals surface area contributed by atoms with E-state index in [1.807, 2.05) is 42.0 Å². The van der Waals surface area contributed by atoms with Gasteiger partial charge in [0.15, 0.2) is 16.1 Å². The molecule has 4 aromatic rings. The molecule has 3 heterocycles. The molecule has 0 unspecified atom stereocenters. The zero-order valence-electron chi connectivity index (χ0n) is 14.7. The van der Waals surface area contributed by atoms with Crippen molar-refractivity contribution < 1.29 is 4.79 Å². The normalized spacial score (nSPS) is 11.3. The van der Waals surface area contributed by atoms with Gasteiger partial charge in [-0.1, -0.05) is 17.8 Å². The van der Waals surface area contributed by atoms with Gasteiger partial charge in [-0.25, -0.2) is 9.97 Å². The predicted octanol–water partition coefficient (Wildman–Crippen LogP) is 4.71. The SMILES string of the molecule is Cc1ccc2nc(SCC(=O)c3cc(C)n(-c4nccs4)c3C)[nH]c2c1. The van der Waals surface area contributed by atoms with Crippen LogP contribution in [0, 0.1) is 20.8 Å². The van der Waals surface area contributed by atoms with E-state index in [0.29, 0.717) is 5.75 Å². The Labute approximate surface area is 159 Å². The standard InChI is InChI=1S/C19H18N4OS2/c1-11-4-5-15-16(8-11)22-18(21-15)26-10-17(24)14-9-12(2)23(13(14)3)19-20-6-7-25-19/h4-9H,10H2,1-3H3,(H,21,22). The molecule has 0 aliphatic rings. The number of aromatic nitrogens is 4. The van der Waals surface area contributed by atoms with Crippen LogP contribution in [0.2, 0.25) is 0 Å². The van der Waals surface area contributed by atoms with Crippen molar-refractivity contribution >= 4 is 39.9 Å². The van der Waals surface area contributed by atoms with Crippen LogP contribution in [-0.4, -0.2) is 31.1 Å².